The van der Waals surface area contributed by atoms with Crippen LogP contribution in [0.25, 0.3) is 0 Å². The van der Waals surface area contributed by atoms with E-state index in [1.807, 2.05) is 30.3 Å². The third-order valence-corrected chi connectivity index (χ3v) is 4.04. The predicted octanol–water partition coefficient (Wildman–Crippen LogP) is 3.39. The van der Waals surface area contributed by atoms with E-state index < -0.39 is 23.6 Å². The first-order valence-corrected chi connectivity index (χ1v) is 9.83. The third-order valence-electron chi connectivity index (χ3n) is 4.04. The number of hydrogen-bond acceptors (Lipinski definition) is 7. The van der Waals surface area contributed by atoms with Crippen LogP contribution in [0.15, 0.2) is 42.5 Å². The Morgan fingerprint density at radius 3 is 2.31 bits per heavy atom. The van der Waals surface area contributed by atoms with Crippen LogP contribution in [0.1, 0.15) is 42.3 Å². The quantitative estimate of drug-likeness (QED) is 0.486. The lowest BCUT2D eigenvalue weighted by Gasteiger charge is -2.22. The van der Waals surface area contributed by atoms with E-state index in [9.17, 15) is 14.9 Å². The van der Waals surface area contributed by atoms with E-state index >= 15 is 0 Å². The maximum absolute atomic E-state index is 13.1. The van der Waals surface area contributed by atoms with Crippen molar-refractivity contribution in [3.63, 3.8) is 0 Å². The highest BCUT2D eigenvalue weighted by Gasteiger charge is 2.24. The number of carbonyl (C=O) groups excluding carboxylic acids is 2. The second-order valence-electron chi connectivity index (χ2n) is 8.07. The summed E-state index contributed by atoms with van der Waals surface area (Å²) in [5, 5.41) is 21.9. The van der Waals surface area contributed by atoms with E-state index in [2.05, 4.69) is 16.7 Å². The molecule has 9 heteroatoms. The van der Waals surface area contributed by atoms with Crippen LogP contribution in [0.4, 0.5) is 10.5 Å². The number of hydrogen-bond donors (Lipinski definition) is 3. The molecule has 0 spiro atoms. The Morgan fingerprint density at radius 2 is 1.75 bits per heavy atom. The number of benzene rings is 2. The first-order valence-electron chi connectivity index (χ1n) is 9.83. The number of rotatable bonds is 5. The molecule has 3 N–H and O–H groups in total. The van der Waals surface area contributed by atoms with Crippen molar-refractivity contribution < 1.29 is 19.1 Å². The van der Waals surface area contributed by atoms with Crippen molar-refractivity contribution >= 4 is 23.6 Å². The van der Waals surface area contributed by atoms with Crippen molar-refractivity contribution in [3.05, 3.63) is 59.2 Å². The zero-order valence-corrected chi connectivity index (χ0v) is 18.8. The normalized spacial score (nSPS) is 10.5. The molecule has 0 aliphatic rings. The lowest BCUT2D eigenvalue weighted by Crippen LogP contribution is -2.45. The Balaban J connectivity index is 2.31. The molecule has 0 atom stereocenters. The Morgan fingerprint density at radius 1 is 1.09 bits per heavy atom. The van der Waals surface area contributed by atoms with E-state index in [-0.39, 0.29) is 23.5 Å². The van der Waals surface area contributed by atoms with E-state index in [0.717, 1.165) is 5.56 Å². The molecule has 2 amide bonds. The minimum Gasteiger partial charge on any atom is -0.488 e. The minimum absolute atomic E-state index is 0.0701. The summed E-state index contributed by atoms with van der Waals surface area (Å²) in [7, 11) is 3.39. The largest absolute Gasteiger partial charge is 0.488 e. The number of nitrogens with zero attached hydrogens (tertiary/aromatic N) is 2. The highest BCUT2D eigenvalue weighted by atomic mass is 16.6. The van der Waals surface area contributed by atoms with Gasteiger partial charge >= 0.3 is 6.09 Å². The molecule has 9 nitrogen and oxygen atoms in total. The van der Waals surface area contributed by atoms with E-state index in [1.54, 1.807) is 45.8 Å². The number of nitriles is 1. The zero-order chi connectivity index (χ0) is 23.9. The highest BCUT2D eigenvalue weighted by Crippen LogP contribution is 2.32. The van der Waals surface area contributed by atoms with Gasteiger partial charge in [-0.3, -0.25) is 20.8 Å². The average molecular weight is 438 g/mol. The molecule has 2 rings (SSSR count). The van der Waals surface area contributed by atoms with Gasteiger partial charge in [0.25, 0.3) is 5.91 Å². The number of ether oxygens (including phenoxy) is 2. The van der Waals surface area contributed by atoms with Crippen LogP contribution in [0, 0.1) is 16.7 Å². The summed E-state index contributed by atoms with van der Waals surface area (Å²) in [4.78, 5) is 26.6. The standard InChI is InChI=1S/C23H27N5O4/c1-23(2,3)32-22(30)27-21(25)26-20(29)18-17(31-14-15-9-7-6-8-10-15)12-11-16(13-24)19(18)28(4)5/h6-12H,14H2,1-5H3,(H3,25,26,27,29,30). The molecule has 0 fully saturated rings. The van der Waals surface area contributed by atoms with Crippen molar-refractivity contribution in [2.45, 2.75) is 33.0 Å². The maximum Gasteiger partial charge on any atom is 0.414 e. The van der Waals surface area contributed by atoms with Crippen LogP contribution in [-0.4, -0.2) is 37.7 Å². The molecular formula is C23H27N5O4. The van der Waals surface area contributed by atoms with Crippen LogP contribution in [0.5, 0.6) is 5.75 Å². The van der Waals surface area contributed by atoms with Gasteiger partial charge in [-0.05, 0) is 38.5 Å². The van der Waals surface area contributed by atoms with Gasteiger partial charge in [-0.1, -0.05) is 30.3 Å². The number of amides is 2. The van der Waals surface area contributed by atoms with Gasteiger partial charge in [0.15, 0.2) is 0 Å². The molecule has 0 radical (unpaired) electrons. The van der Waals surface area contributed by atoms with Crippen molar-refractivity contribution in [1.29, 1.82) is 10.7 Å². The maximum atomic E-state index is 13.1. The van der Waals surface area contributed by atoms with Gasteiger partial charge in [0.1, 0.15) is 29.6 Å². The fraction of sp³-hybridized carbons (Fsp3) is 0.304. The number of guanidine groups is 1. The zero-order valence-electron chi connectivity index (χ0n) is 18.8. The highest BCUT2D eigenvalue weighted by molar-refractivity contribution is 6.12. The Kier molecular flexibility index (Phi) is 7.80. The summed E-state index contributed by atoms with van der Waals surface area (Å²) in [5.41, 5.74) is 0.806. The lowest BCUT2D eigenvalue weighted by atomic mass is 10.0. The van der Waals surface area contributed by atoms with Crippen LogP contribution in [0.2, 0.25) is 0 Å². The third kappa shape index (κ3) is 6.74. The molecule has 0 heterocycles. The molecule has 0 aromatic heterocycles. The van der Waals surface area contributed by atoms with Crippen LogP contribution in [0.3, 0.4) is 0 Å². The first kappa shape index (κ1) is 24.2. The molecule has 168 valence electrons. The average Bonchev–Trinajstić information content (AvgIpc) is 2.70. The van der Waals surface area contributed by atoms with Crippen molar-refractivity contribution in [2.24, 2.45) is 0 Å². The molecule has 2 aromatic rings. The fourth-order valence-corrected chi connectivity index (χ4v) is 2.82. The molecule has 0 aliphatic carbocycles. The van der Waals surface area contributed by atoms with E-state index in [0.29, 0.717) is 5.69 Å². The van der Waals surface area contributed by atoms with Gasteiger partial charge in [0, 0.05) is 14.1 Å². The van der Waals surface area contributed by atoms with Gasteiger partial charge in [-0.2, -0.15) is 5.26 Å². The summed E-state index contributed by atoms with van der Waals surface area (Å²) in [5.74, 6) is -1.04. The number of carbonyl (C=O) groups is 2. The summed E-state index contributed by atoms with van der Waals surface area (Å²) in [6.07, 6.45) is -0.873. The Hall–Kier alpha value is -4.06. The Bertz CT molecular complexity index is 1040. The number of nitrogens with one attached hydrogen (secondary N) is 3. The van der Waals surface area contributed by atoms with Gasteiger partial charge < -0.3 is 14.4 Å². The summed E-state index contributed by atoms with van der Waals surface area (Å²) < 4.78 is 11.0. The summed E-state index contributed by atoms with van der Waals surface area (Å²) in [6.45, 7) is 5.25. The van der Waals surface area contributed by atoms with E-state index in [1.165, 1.54) is 6.07 Å². The van der Waals surface area contributed by atoms with Crippen LogP contribution in [-0.2, 0) is 11.3 Å². The minimum atomic E-state index is -0.873. The molecule has 0 saturated heterocycles. The topological polar surface area (TPSA) is 128 Å². The SMILES string of the molecule is CN(C)c1c(C#N)ccc(OCc2ccccc2)c1C(=O)NC(=N)NC(=O)OC(C)(C)C. The summed E-state index contributed by atoms with van der Waals surface area (Å²) >= 11 is 0. The summed E-state index contributed by atoms with van der Waals surface area (Å²) in [6, 6.07) is 14.6. The van der Waals surface area contributed by atoms with Crippen molar-refractivity contribution in [2.75, 3.05) is 19.0 Å². The van der Waals surface area contributed by atoms with Gasteiger partial charge in [0.2, 0.25) is 5.96 Å². The van der Waals surface area contributed by atoms with Crippen LogP contribution < -0.4 is 20.3 Å². The molecule has 0 unspecified atom stereocenters. The van der Waals surface area contributed by atoms with Crippen LogP contribution >= 0.6 is 0 Å². The lowest BCUT2D eigenvalue weighted by molar-refractivity contribution is 0.0561. The van der Waals surface area contributed by atoms with Gasteiger partial charge in [0.05, 0.1) is 11.3 Å². The molecule has 0 saturated carbocycles. The second-order valence-corrected chi connectivity index (χ2v) is 8.07. The second kappa shape index (κ2) is 10.3. The van der Waals surface area contributed by atoms with Gasteiger partial charge in [-0.25, -0.2) is 4.79 Å². The van der Waals surface area contributed by atoms with Gasteiger partial charge in [-0.15, -0.1) is 0 Å². The molecule has 32 heavy (non-hydrogen) atoms. The monoisotopic (exact) mass is 437 g/mol. The predicted molar refractivity (Wildman–Crippen MR) is 121 cm³/mol. The van der Waals surface area contributed by atoms with Crippen molar-refractivity contribution in [3.8, 4) is 11.8 Å². The Labute approximate surface area is 187 Å². The smallest absolute Gasteiger partial charge is 0.414 e. The van der Waals surface area contributed by atoms with E-state index in [4.69, 9.17) is 14.9 Å². The fourth-order valence-electron chi connectivity index (χ4n) is 2.82. The molecular weight excluding hydrogens is 410 g/mol. The first-order chi connectivity index (χ1) is 15.0. The molecule has 0 bridgehead atoms. The number of anilines is 1. The molecule has 0 aliphatic heterocycles. The molecule has 2 aromatic carbocycles. The number of alkyl carbamates (subject to hydrolysis) is 1. The van der Waals surface area contributed by atoms with Crippen molar-refractivity contribution in [1.82, 2.24) is 10.6 Å².